The van der Waals surface area contributed by atoms with E-state index in [1.807, 2.05) is 0 Å². The molecule has 4 nitrogen and oxygen atoms in total. The predicted octanol–water partition coefficient (Wildman–Crippen LogP) is 4.04. The molecule has 0 aliphatic heterocycles. The van der Waals surface area contributed by atoms with Crippen molar-refractivity contribution in [2.24, 2.45) is 11.8 Å². The van der Waals surface area contributed by atoms with E-state index in [1.54, 1.807) is 0 Å². The second-order valence-electron chi connectivity index (χ2n) is 6.19. The first-order valence-electron chi connectivity index (χ1n) is 7.73. The van der Waals surface area contributed by atoms with Gasteiger partial charge in [-0.1, -0.05) is 34.6 Å². The van der Waals surface area contributed by atoms with Gasteiger partial charge < -0.3 is 10.6 Å². The fourth-order valence-electron chi connectivity index (χ4n) is 1.80. The third kappa shape index (κ3) is 4.36. The lowest BCUT2D eigenvalue weighted by Gasteiger charge is -2.19. The van der Waals surface area contributed by atoms with Crippen molar-refractivity contribution in [2.45, 2.75) is 54.4 Å². The minimum Gasteiger partial charge on any atom is -0.370 e. The maximum Gasteiger partial charge on any atom is 0.135 e. The number of hydrogen-bond acceptors (Lipinski definition) is 4. The molecule has 0 aliphatic rings. The highest BCUT2D eigenvalue weighted by Crippen LogP contribution is 2.23. The summed E-state index contributed by atoms with van der Waals surface area (Å²) in [5, 5.41) is 6.83. The fourth-order valence-corrected chi connectivity index (χ4v) is 1.80. The average molecular weight is 278 g/mol. The molecule has 0 fully saturated rings. The van der Waals surface area contributed by atoms with Gasteiger partial charge in [-0.3, -0.25) is 0 Å². The summed E-state index contributed by atoms with van der Waals surface area (Å²) in [6, 6.07) is 0. The van der Waals surface area contributed by atoms with Crippen LogP contribution in [0.4, 0.5) is 11.6 Å². The first-order chi connectivity index (χ1) is 9.36. The summed E-state index contributed by atoms with van der Waals surface area (Å²) in [6.07, 6.45) is 0. The minimum absolute atomic E-state index is 0.330. The van der Waals surface area contributed by atoms with E-state index in [0.29, 0.717) is 17.8 Å². The lowest BCUT2D eigenvalue weighted by Crippen LogP contribution is -2.19. The van der Waals surface area contributed by atoms with Crippen molar-refractivity contribution in [1.29, 1.82) is 0 Å². The lowest BCUT2D eigenvalue weighted by molar-refractivity contribution is 0.439. The first-order valence-corrected chi connectivity index (χ1v) is 7.73. The van der Waals surface area contributed by atoms with Gasteiger partial charge in [0.2, 0.25) is 0 Å². The first kappa shape index (κ1) is 16.7. The summed E-state index contributed by atoms with van der Waals surface area (Å²) < 4.78 is 0. The number of nitrogens with one attached hydrogen (secondary N) is 2. The van der Waals surface area contributed by atoms with Crippen LogP contribution in [0.25, 0.3) is 0 Å². The molecule has 0 spiro atoms. The van der Waals surface area contributed by atoms with Crippen molar-refractivity contribution >= 4 is 11.6 Å². The van der Waals surface area contributed by atoms with Crippen LogP contribution in [0.2, 0.25) is 0 Å². The number of rotatable bonds is 7. The van der Waals surface area contributed by atoms with Crippen LogP contribution in [0, 0.1) is 18.8 Å². The Bertz CT molecular complexity index is 427. The van der Waals surface area contributed by atoms with Crippen molar-refractivity contribution in [3.05, 3.63) is 11.4 Å². The molecule has 0 aliphatic carbocycles. The van der Waals surface area contributed by atoms with Crippen molar-refractivity contribution in [3.8, 4) is 0 Å². The molecule has 2 N–H and O–H groups in total. The fraction of sp³-hybridized carbons (Fsp3) is 0.750. The molecule has 1 rings (SSSR count). The van der Waals surface area contributed by atoms with E-state index in [-0.39, 0.29) is 0 Å². The summed E-state index contributed by atoms with van der Waals surface area (Å²) in [5.74, 6) is 4.43. The maximum absolute atomic E-state index is 4.68. The van der Waals surface area contributed by atoms with Gasteiger partial charge in [0.05, 0.1) is 0 Å². The third-order valence-corrected chi connectivity index (χ3v) is 3.75. The molecule has 1 atom stereocenters. The standard InChI is InChI=1S/C16H30N4/c1-8-17-15-13(7)16(18-9-12(6)10(2)3)20-14(19-15)11(4)5/h10-12H,8-9H2,1-7H3,(H2,17,18,19,20). The molecule has 20 heavy (non-hydrogen) atoms. The van der Waals surface area contributed by atoms with Gasteiger partial charge in [-0.05, 0) is 25.7 Å². The lowest BCUT2D eigenvalue weighted by atomic mass is 9.98. The zero-order chi connectivity index (χ0) is 15.3. The highest BCUT2D eigenvalue weighted by Gasteiger charge is 2.14. The van der Waals surface area contributed by atoms with Crippen molar-refractivity contribution in [1.82, 2.24) is 9.97 Å². The Labute approximate surface area is 123 Å². The average Bonchev–Trinajstić information content (AvgIpc) is 2.39. The monoisotopic (exact) mass is 278 g/mol. The zero-order valence-corrected chi connectivity index (χ0v) is 14.0. The molecule has 0 radical (unpaired) electrons. The molecule has 0 saturated carbocycles. The van der Waals surface area contributed by atoms with Crippen LogP contribution in [0.1, 0.15) is 58.8 Å². The Hall–Kier alpha value is -1.32. The van der Waals surface area contributed by atoms with E-state index in [9.17, 15) is 0 Å². The van der Waals surface area contributed by atoms with E-state index < -0.39 is 0 Å². The molecule has 1 aromatic heterocycles. The molecular weight excluding hydrogens is 248 g/mol. The highest BCUT2D eigenvalue weighted by molar-refractivity contribution is 5.57. The third-order valence-electron chi connectivity index (χ3n) is 3.75. The molecule has 1 heterocycles. The van der Waals surface area contributed by atoms with Crippen molar-refractivity contribution in [2.75, 3.05) is 23.7 Å². The molecule has 0 saturated heterocycles. The van der Waals surface area contributed by atoms with E-state index in [2.05, 4.69) is 69.1 Å². The number of hydrogen-bond donors (Lipinski definition) is 2. The summed E-state index contributed by atoms with van der Waals surface area (Å²) in [5.41, 5.74) is 1.10. The predicted molar refractivity (Wildman–Crippen MR) is 87.5 cm³/mol. The minimum atomic E-state index is 0.330. The molecule has 4 heteroatoms. The van der Waals surface area contributed by atoms with E-state index in [4.69, 9.17) is 0 Å². The maximum atomic E-state index is 4.68. The van der Waals surface area contributed by atoms with Gasteiger partial charge in [0.1, 0.15) is 17.5 Å². The van der Waals surface area contributed by atoms with Crippen LogP contribution < -0.4 is 10.6 Å². The van der Waals surface area contributed by atoms with Crippen LogP contribution >= 0.6 is 0 Å². The van der Waals surface area contributed by atoms with Crippen LogP contribution in [0.15, 0.2) is 0 Å². The summed E-state index contributed by atoms with van der Waals surface area (Å²) >= 11 is 0. The summed E-state index contributed by atoms with van der Waals surface area (Å²) in [6.45, 7) is 17.0. The summed E-state index contributed by atoms with van der Waals surface area (Å²) in [4.78, 5) is 9.31. The van der Waals surface area contributed by atoms with Gasteiger partial charge in [-0.2, -0.15) is 0 Å². The topological polar surface area (TPSA) is 49.8 Å². The largest absolute Gasteiger partial charge is 0.370 e. The smallest absolute Gasteiger partial charge is 0.135 e. The van der Waals surface area contributed by atoms with Crippen LogP contribution in [-0.4, -0.2) is 23.1 Å². The molecule has 0 amide bonds. The van der Waals surface area contributed by atoms with Gasteiger partial charge in [0, 0.05) is 24.6 Å². The van der Waals surface area contributed by atoms with Gasteiger partial charge in [0.15, 0.2) is 0 Å². The molecule has 114 valence electrons. The van der Waals surface area contributed by atoms with Gasteiger partial charge in [-0.25, -0.2) is 9.97 Å². The van der Waals surface area contributed by atoms with E-state index >= 15 is 0 Å². The Morgan fingerprint density at radius 3 is 1.95 bits per heavy atom. The normalized spacial score (nSPS) is 12.8. The van der Waals surface area contributed by atoms with Gasteiger partial charge in [0.25, 0.3) is 0 Å². The zero-order valence-electron chi connectivity index (χ0n) is 14.0. The SMILES string of the molecule is CCNc1nc(C(C)C)nc(NCC(C)C(C)C)c1C. The van der Waals surface area contributed by atoms with Crippen molar-refractivity contribution in [3.63, 3.8) is 0 Å². The van der Waals surface area contributed by atoms with Gasteiger partial charge in [-0.15, -0.1) is 0 Å². The van der Waals surface area contributed by atoms with Crippen LogP contribution in [0.3, 0.4) is 0 Å². The quantitative estimate of drug-likeness (QED) is 0.790. The Balaban J connectivity index is 2.98. The molecule has 0 aromatic carbocycles. The summed E-state index contributed by atoms with van der Waals surface area (Å²) in [7, 11) is 0. The Kier molecular flexibility index (Phi) is 6.24. The molecule has 1 aromatic rings. The van der Waals surface area contributed by atoms with E-state index in [0.717, 1.165) is 36.1 Å². The molecule has 0 bridgehead atoms. The van der Waals surface area contributed by atoms with Crippen LogP contribution in [-0.2, 0) is 0 Å². The van der Waals surface area contributed by atoms with E-state index in [1.165, 1.54) is 0 Å². The van der Waals surface area contributed by atoms with Gasteiger partial charge >= 0.3 is 0 Å². The van der Waals surface area contributed by atoms with Crippen molar-refractivity contribution < 1.29 is 0 Å². The van der Waals surface area contributed by atoms with Crippen LogP contribution in [0.5, 0.6) is 0 Å². The molecular formula is C16H30N4. The second kappa shape index (κ2) is 7.46. The molecule has 1 unspecified atom stereocenters. The number of aromatic nitrogens is 2. The number of anilines is 2. The number of nitrogens with zero attached hydrogens (tertiary/aromatic N) is 2. The Morgan fingerprint density at radius 2 is 1.50 bits per heavy atom. The Morgan fingerprint density at radius 1 is 0.950 bits per heavy atom. The second-order valence-corrected chi connectivity index (χ2v) is 6.19. The highest BCUT2D eigenvalue weighted by atomic mass is 15.1.